The largest absolute Gasteiger partial charge is 1.00 e. The van der Waals surface area contributed by atoms with Gasteiger partial charge in [0.25, 0.3) is 5.69 Å². The Hall–Kier alpha value is -1.17. The molecule has 6 heteroatoms. The smallest absolute Gasteiger partial charge is 0.269 e. The topological polar surface area (TPSA) is 63.0 Å². The van der Waals surface area contributed by atoms with Crippen LogP contribution >= 0.6 is 0 Å². The molecule has 0 saturated heterocycles. The molecule has 0 aromatic heterocycles. The molecule has 0 aliphatic carbocycles. The lowest BCUT2D eigenvalue weighted by molar-refractivity contribution is -0.807. The number of hydrogen-bond donors (Lipinski definition) is 1. The standard InChI is InChI=1S/C9H13N3O2.ClH/c1-11(2)10-7-8-3-5-9(6-4-8)12(13)14;/h3-6,10H,7H2,1-2H3;1H. The van der Waals surface area contributed by atoms with Gasteiger partial charge in [0.1, 0.15) is 6.54 Å². The molecule has 15 heavy (non-hydrogen) atoms. The van der Waals surface area contributed by atoms with E-state index < -0.39 is 0 Å². The van der Waals surface area contributed by atoms with Crippen molar-refractivity contribution in [1.82, 2.24) is 5.01 Å². The van der Waals surface area contributed by atoms with Crippen molar-refractivity contribution in [2.24, 2.45) is 0 Å². The minimum Gasteiger partial charge on any atom is -1.00 e. The highest BCUT2D eigenvalue weighted by Gasteiger charge is 2.04. The monoisotopic (exact) mass is 231 g/mol. The number of benzene rings is 1. The molecule has 0 saturated carbocycles. The molecule has 1 rings (SSSR count). The van der Waals surface area contributed by atoms with Gasteiger partial charge in [-0.1, -0.05) is 0 Å². The fourth-order valence-corrected chi connectivity index (χ4v) is 1.04. The Bertz CT molecular complexity index is 314. The average Bonchev–Trinajstić information content (AvgIpc) is 2.15. The Kier molecular flexibility index (Phi) is 5.84. The minimum atomic E-state index is -0.389. The van der Waals surface area contributed by atoms with Crippen LogP contribution in [0.2, 0.25) is 0 Å². The predicted molar refractivity (Wildman–Crippen MR) is 52.4 cm³/mol. The summed E-state index contributed by atoms with van der Waals surface area (Å²) in [7, 11) is 3.90. The molecular weight excluding hydrogens is 218 g/mol. The first kappa shape index (κ1) is 13.8. The number of rotatable bonds is 4. The highest BCUT2D eigenvalue weighted by atomic mass is 35.5. The SMILES string of the molecule is CN(C)[NH2+]Cc1ccc([N+](=O)[O-])cc1.[Cl-]. The quantitative estimate of drug-likeness (QED) is 0.345. The summed E-state index contributed by atoms with van der Waals surface area (Å²) >= 11 is 0. The number of quaternary nitrogens is 1. The van der Waals surface area contributed by atoms with E-state index in [1.54, 1.807) is 12.1 Å². The zero-order chi connectivity index (χ0) is 10.6. The van der Waals surface area contributed by atoms with Gasteiger partial charge in [0.05, 0.1) is 4.92 Å². The van der Waals surface area contributed by atoms with Gasteiger partial charge in [0, 0.05) is 31.8 Å². The molecule has 0 unspecified atom stereocenters. The number of nitro groups is 1. The van der Waals surface area contributed by atoms with Crippen LogP contribution in [-0.2, 0) is 6.54 Å². The lowest BCUT2D eigenvalue weighted by atomic mass is 10.2. The molecule has 0 aliphatic rings. The van der Waals surface area contributed by atoms with Crippen molar-refractivity contribution in [3.63, 3.8) is 0 Å². The minimum absolute atomic E-state index is 0. The first-order valence-electron chi connectivity index (χ1n) is 4.32. The zero-order valence-corrected chi connectivity index (χ0v) is 9.44. The van der Waals surface area contributed by atoms with Gasteiger partial charge in [-0.3, -0.25) is 15.5 Å². The predicted octanol–water partition coefficient (Wildman–Crippen LogP) is -2.86. The summed E-state index contributed by atoms with van der Waals surface area (Å²) in [6.07, 6.45) is 0. The molecule has 1 aromatic rings. The first-order valence-corrected chi connectivity index (χ1v) is 4.32. The molecule has 0 spiro atoms. The fraction of sp³-hybridized carbons (Fsp3) is 0.333. The Labute approximate surface area is 94.6 Å². The number of nitro benzene ring substituents is 1. The lowest BCUT2D eigenvalue weighted by Gasteiger charge is -2.07. The summed E-state index contributed by atoms with van der Waals surface area (Å²) in [5.41, 5.74) is 3.23. The van der Waals surface area contributed by atoms with Crippen LogP contribution in [-0.4, -0.2) is 24.0 Å². The normalized spacial score (nSPS) is 9.80. The number of halogens is 1. The zero-order valence-electron chi connectivity index (χ0n) is 8.68. The van der Waals surface area contributed by atoms with Gasteiger partial charge in [-0.25, -0.2) is 0 Å². The van der Waals surface area contributed by atoms with Crippen LogP contribution in [0.5, 0.6) is 0 Å². The molecule has 0 heterocycles. The summed E-state index contributed by atoms with van der Waals surface area (Å²) in [4.78, 5) is 9.98. The maximum absolute atomic E-state index is 10.4. The van der Waals surface area contributed by atoms with Crippen molar-refractivity contribution >= 4 is 5.69 Å². The van der Waals surface area contributed by atoms with Crippen molar-refractivity contribution < 1.29 is 22.8 Å². The van der Waals surface area contributed by atoms with Gasteiger partial charge in [-0.15, -0.1) is 0 Å². The highest BCUT2D eigenvalue weighted by Crippen LogP contribution is 2.10. The highest BCUT2D eigenvalue weighted by molar-refractivity contribution is 5.32. The number of nitrogens with two attached hydrogens (primary N) is 1. The fourth-order valence-electron chi connectivity index (χ4n) is 1.04. The van der Waals surface area contributed by atoms with Crippen LogP contribution in [0.4, 0.5) is 5.69 Å². The first-order chi connectivity index (χ1) is 6.59. The molecule has 84 valence electrons. The van der Waals surface area contributed by atoms with E-state index in [4.69, 9.17) is 0 Å². The molecule has 5 nitrogen and oxygen atoms in total. The molecule has 2 N–H and O–H groups in total. The van der Waals surface area contributed by atoms with Crippen molar-refractivity contribution in [2.75, 3.05) is 14.1 Å². The Balaban J connectivity index is 0.00000196. The van der Waals surface area contributed by atoms with Crippen LogP contribution in [0, 0.1) is 10.1 Å². The third-order valence-corrected chi connectivity index (χ3v) is 1.84. The molecule has 0 amide bonds. The molecule has 1 aromatic carbocycles. The molecule has 0 atom stereocenters. The van der Waals surface area contributed by atoms with Crippen molar-refractivity contribution in [3.05, 3.63) is 39.9 Å². The van der Waals surface area contributed by atoms with E-state index in [1.807, 2.05) is 24.5 Å². The van der Waals surface area contributed by atoms with Gasteiger partial charge in [0.2, 0.25) is 0 Å². The third kappa shape index (κ3) is 4.73. The van der Waals surface area contributed by atoms with E-state index in [0.717, 1.165) is 12.1 Å². The molecule has 0 fully saturated rings. The van der Waals surface area contributed by atoms with Gasteiger partial charge in [-0.05, 0) is 12.1 Å². The van der Waals surface area contributed by atoms with Gasteiger partial charge < -0.3 is 12.4 Å². The van der Waals surface area contributed by atoms with Crippen LogP contribution in [0.25, 0.3) is 0 Å². The van der Waals surface area contributed by atoms with Crippen LogP contribution < -0.4 is 17.8 Å². The maximum atomic E-state index is 10.4. The van der Waals surface area contributed by atoms with E-state index in [9.17, 15) is 10.1 Å². The van der Waals surface area contributed by atoms with Crippen molar-refractivity contribution in [3.8, 4) is 0 Å². The van der Waals surface area contributed by atoms with Crippen LogP contribution in [0.3, 0.4) is 0 Å². The van der Waals surface area contributed by atoms with Crippen LogP contribution in [0.15, 0.2) is 24.3 Å². The van der Waals surface area contributed by atoms with E-state index in [-0.39, 0.29) is 23.0 Å². The second-order valence-corrected chi connectivity index (χ2v) is 3.27. The summed E-state index contributed by atoms with van der Waals surface area (Å²) < 4.78 is 0. The van der Waals surface area contributed by atoms with Crippen molar-refractivity contribution in [1.29, 1.82) is 0 Å². The second kappa shape index (κ2) is 6.34. The summed E-state index contributed by atoms with van der Waals surface area (Å²) in [6.45, 7) is 0.797. The Morgan fingerprint density at radius 1 is 1.33 bits per heavy atom. The average molecular weight is 232 g/mol. The van der Waals surface area contributed by atoms with Gasteiger partial charge in [-0.2, -0.15) is 5.01 Å². The number of nitrogens with zero attached hydrogens (tertiary/aromatic N) is 2. The third-order valence-electron chi connectivity index (χ3n) is 1.84. The second-order valence-electron chi connectivity index (χ2n) is 3.27. The molecular formula is C9H14ClN3O2. The molecule has 0 radical (unpaired) electrons. The summed E-state index contributed by atoms with van der Waals surface area (Å²) in [5.74, 6) is 0. The van der Waals surface area contributed by atoms with E-state index in [1.165, 1.54) is 12.1 Å². The Morgan fingerprint density at radius 2 is 1.87 bits per heavy atom. The summed E-state index contributed by atoms with van der Waals surface area (Å²) in [5, 5.41) is 12.3. The van der Waals surface area contributed by atoms with Gasteiger partial charge in [0.15, 0.2) is 0 Å². The molecule has 0 aliphatic heterocycles. The van der Waals surface area contributed by atoms with E-state index in [0.29, 0.717) is 0 Å². The van der Waals surface area contributed by atoms with Crippen LogP contribution in [0.1, 0.15) is 5.56 Å². The maximum Gasteiger partial charge on any atom is 0.269 e. The number of hydrogen-bond acceptors (Lipinski definition) is 3. The van der Waals surface area contributed by atoms with E-state index in [2.05, 4.69) is 0 Å². The van der Waals surface area contributed by atoms with E-state index >= 15 is 0 Å². The number of non-ortho nitro benzene ring substituents is 1. The van der Waals surface area contributed by atoms with Crippen molar-refractivity contribution in [2.45, 2.75) is 6.54 Å². The summed E-state index contributed by atoms with van der Waals surface area (Å²) in [6, 6.07) is 6.61. The lowest BCUT2D eigenvalue weighted by Crippen LogP contribution is -3.00. The molecule has 0 bridgehead atoms. The van der Waals surface area contributed by atoms with Gasteiger partial charge >= 0.3 is 0 Å². The Morgan fingerprint density at radius 3 is 2.27 bits per heavy atom.